The lowest BCUT2D eigenvalue weighted by molar-refractivity contribution is -0.384. The normalized spacial score (nSPS) is 10.1. The molecule has 0 saturated carbocycles. The molecule has 0 radical (unpaired) electrons. The molecular formula is C16H16FN3O3. The van der Waals surface area contributed by atoms with Crippen molar-refractivity contribution in [2.75, 3.05) is 17.2 Å². The van der Waals surface area contributed by atoms with Crippen LogP contribution in [0, 0.1) is 15.9 Å². The van der Waals surface area contributed by atoms with Gasteiger partial charge in [0, 0.05) is 30.8 Å². The van der Waals surface area contributed by atoms with E-state index in [4.69, 9.17) is 0 Å². The summed E-state index contributed by atoms with van der Waals surface area (Å²) in [4.78, 5) is 21.8. The number of carbonyl (C=O) groups excluding carboxylic acids is 1. The lowest BCUT2D eigenvalue weighted by Gasteiger charge is -2.07. The van der Waals surface area contributed by atoms with Crippen molar-refractivity contribution in [3.63, 3.8) is 0 Å². The molecule has 0 fully saturated rings. The average molecular weight is 317 g/mol. The van der Waals surface area contributed by atoms with Crippen molar-refractivity contribution < 1.29 is 14.1 Å². The van der Waals surface area contributed by atoms with Gasteiger partial charge in [-0.2, -0.15) is 0 Å². The number of rotatable bonds is 7. The fourth-order valence-corrected chi connectivity index (χ4v) is 1.96. The Labute approximate surface area is 132 Å². The standard InChI is InChI=1S/C16H16FN3O3/c17-14-4-1-2-5-15(14)19-16(21)6-3-11-18-12-7-9-13(10-8-12)20(22)23/h1-2,4-5,7-10,18H,3,6,11H2,(H,19,21). The zero-order valence-electron chi connectivity index (χ0n) is 12.3. The van der Waals surface area contributed by atoms with Crippen molar-refractivity contribution in [3.8, 4) is 0 Å². The molecule has 1 amide bonds. The number of amides is 1. The van der Waals surface area contributed by atoms with E-state index in [-0.39, 0.29) is 23.7 Å². The molecule has 7 heteroatoms. The molecule has 0 aliphatic carbocycles. The SMILES string of the molecule is O=C(CCCNc1ccc([N+](=O)[O-])cc1)Nc1ccccc1F. The van der Waals surface area contributed by atoms with Crippen molar-refractivity contribution in [3.05, 3.63) is 64.5 Å². The number of nitro groups is 1. The number of anilines is 2. The largest absolute Gasteiger partial charge is 0.385 e. The number of non-ortho nitro benzene ring substituents is 1. The van der Waals surface area contributed by atoms with Crippen LogP contribution in [0.4, 0.5) is 21.5 Å². The van der Waals surface area contributed by atoms with Crippen molar-refractivity contribution >= 4 is 23.0 Å². The first-order valence-electron chi connectivity index (χ1n) is 7.09. The van der Waals surface area contributed by atoms with E-state index in [0.29, 0.717) is 13.0 Å². The van der Waals surface area contributed by atoms with Crippen LogP contribution in [-0.4, -0.2) is 17.4 Å². The molecule has 0 atom stereocenters. The van der Waals surface area contributed by atoms with E-state index in [2.05, 4.69) is 10.6 Å². The van der Waals surface area contributed by atoms with E-state index in [1.807, 2.05) is 0 Å². The van der Waals surface area contributed by atoms with Crippen molar-refractivity contribution in [1.29, 1.82) is 0 Å². The summed E-state index contributed by atoms with van der Waals surface area (Å²) in [5.41, 5.74) is 0.936. The number of nitrogens with one attached hydrogen (secondary N) is 2. The molecule has 0 spiro atoms. The van der Waals surface area contributed by atoms with Crippen LogP contribution in [-0.2, 0) is 4.79 Å². The summed E-state index contributed by atoms with van der Waals surface area (Å²) in [6.45, 7) is 0.530. The lowest BCUT2D eigenvalue weighted by atomic mass is 10.2. The Morgan fingerprint density at radius 3 is 2.48 bits per heavy atom. The first-order valence-corrected chi connectivity index (χ1v) is 7.09. The summed E-state index contributed by atoms with van der Waals surface area (Å²) in [5, 5.41) is 16.1. The third kappa shape index (κ3) is 5.06. The summed E-state index contributed by atoms with van der Waals surface area (Å²) in [6.07, 6.45) is 0.797. The number of nitrogens with zero attached hydrogens (tertiary/aromatic N) is 1. The molecule has 0 saturated heterocycles. The van der Waals surface area contributed by atoms with Crippen LogP contribution in [0.5, 0.6) is 0 Å². The van der Waals surface area contributed by atoms with Gasteiger partial charge in [0.15, 0.2) is 0 Å². The molecule has 2 aromatic carbocycles. The van der Waals surface area contributed by atoms with E-state index in [0.717, 1.165) is 5.69 Å². The smallest absolute Gasteiger partial charge is 0.269 e. The Bertz CT molecular complexity index is 689. The fourth-order valence-electron chi connectivity index (χ4n) is 1.96. The lowest BCUT2D eigenvalue weighted by Crippen LogP contribution is -2.14. The molecule has 2 rings (SSSR count). The molecule has 2 aromatic rings. The number of nitro benzene ring substituents is 1. The van der Waals surface area contributed by atoms with Gasteiger partial charge in [0.25, 0.3) is 5.69 Å². The van der Waals surface area contributed by atoms with Crippen LogP contribution in [0.15, 0.2) is 48.5 Å². The molecular weight excluding hydrogens is 301 g/mol. The molecule has 120 valence electrons. The predicted octanol–water partition coefficient (Wildman–Crippen LogP) is 3.56. The second-order valence-electron chi connectivity index (χ2n) is 4.86. The first-order chi connectivity index (χ1) is 11.1. The molecule has 0 aromatic heterocycles. The summed E-state index contributed by atoms with van der Waals surface area (Å²) in [5.74, 6) is -0.731. The van der Waals surface area contributed by atoms with E-state index in [1.165, 1.54) is 24.3 Å². The maximum absolute atomic E-state index is 13.4. The Kier molecular flexibility index (Phi) is 5.62. The maximum Gasteiger partial charge on any atom is 0.269 e. The van der Waals surface area contributed by atoms with Gasteiger partial charge >= 0.3 is 0 Å². The van der Waals surface area contributed by atoms with Gasteiger partial charge in [0.1, 0.15) is 5.82 Å². The van der Waals surface area contributed by atoms with Gasteiger partial charge in [-0.05, 0) is 30.7 Å². The zero-order valence-corrected chi connectivity index (χ0v) is 12.3. The molecule has 0 heterocycles. The minimum absolute atomic E-state index is 0.0276. The Morgan fingerprint density at radius 2 is 1.83 bits per heavy atom. The number of hydrogen-bond acceptors (Lipinski definition) is 4. The molecule has 6 nitrogen and oxygen atoms in total. The van der Waals surface area contributed by atoms with Crippen LogP contribution < -0.4 is 10.6 Å². The van der Waals surface area contributed by atoms with Gasteiger partial charge in [-0.3, -0.25) is 14.9 Å². The zero-order chi connectivity index (χ0) is 16.7. The van der Waals surface area contributed by atoms with Crippen LogP contribution in [0.1, 0.15) is 12.8 Å². The van der Waals surface area contributed by atoms with Gasteiger partial charge in [-0.1, -0.05) is 12.1 Å². The second-order valence-corrected chi connectivity index (χ2v) is 4.86. The number of benzene rings is 2. The quantitative estimate of drug-likeness (QED) is 0.464. The number of halogens is 1. The molecule has 0 bridgehead atoms. The van der Waals surface area contributed by atoms with E-state index < -0.39 is 10.7 Å². The highest BCUT2D eigenvalue weighted by Crippen LogP contribution is 2.16. The molecule has 0 aliphatic rings. The Balaban J connectivity index is 1.71. The average Bonchev–Trinajstić information content (AvgIpc) is 2.54. The first kappa shape index (κ1) is 16.4. The van der Waals surface area contributed by atoms with E-state index in [1.54, 1.807) is 24.3 Å². The summed E-state index contributed by atoms with van der Waals surface area (Å²) in [6, 6.07) is 12.0. The summed E-state index contributed by atoms with van der Waals surface area (Å²) >= 11 is 0. The molecule has 2 N–H and O–H groups in total. The van der Waals surface area contributed by atoms with Crippen LogP contribution >= 0.6 is 0 Å². The third-order valence-electron chi connectivity index (χ3n) is 3.14. The highest BCUT2D eigenvalue weighted by Gasteiger charge is 2.06. The van der Waals surface area contributed by atoms with Crippen molar-refractivity contribution in [1.82, 2.24) is 0 Å². The Morgan fingerprint density at radius 1 is 1.13 bits per heavy atom. The number of para-hydroxylation sites is 1. The topological polar surface area (TPSA) is 84.3 Å². The Hall–Kier alpha value is -2.96. The summed E-state index contributed by atoms with van der Waals surface area (Å²) in [7, 11) is 0. The fraction of sp³-hybridized carbons (Fsp3) is 0.188. The second kappa shape index (κ2) is 7.88. The third-order valence-corrected chi connectivity index (χ3v) is 3.14. The van der Waals surface area contributed by atoms with Gasteiger partial charge in [-0.25, -0.2) is 4.39 Å². The number of hydrogen-bond donors (Lipinski definition) is 2. The minimum atomic E-state index is -0.468. The molecule has 0 unspecified atom stereocenters. The van der Waals surface area contributed by atoms with Gasteiger partial charge in [0.2, 0.25) is 5.91 Å². The van der Waals surface area contributed by atoms with Crippen LogP contribution in [0.25, 0.3) is 0 Å². The van der Waals surface area contributed by atoms with Gasteiger partial charge < -0.3 is 10.6 Å². The van der Waals surface area contributed by atoms with E-state index in [9.17, 15) is 19.3 Å². The highest BCUT2D eigenvalue weighted by molar-refractivity contribution is 5.90. The molecule has 23 heavy (non-hydrogen) atoms. The van der Waals surface area contributed by atoms with Crippen LogP contribution in [0.2, 0.25) is 0 Å². The molecule has 0 aliphatic heterocycles. The van der Waals surface area contributed by atoms with Gasteiger partial charge in [-0.15, -0.1) is 0 Å². The maximum atomic E-state index is 13.4. The van der Waals surface area contributed by atoms with Crippen molar-refractivity contribution in [2.45, 2.75) is 12.8 Å². The predicted molar refractivity (Wildman–Crippen MR) is 85.8 cm³/mol. The highest BCUT2D eigenvalue weighted by atomic mass is 19.1. The van der Waals surface area contributed by atoms with E-state index >= 15 is 0 Å². The number of carbonyl (C=O) groups is 1. The van der Waals surface area contributed by atoms with Crippen LogP contribution in [0.3, 0.4) is 0 Å². The summed E-state index contributed by atoms with van der Waals surface area (Å²) < 4.78 is 13.4. The van der Waals surface area contributed by atoms with Crippen molar-refractivity contribution in [2.24, 2.45) is 0 Å². The van der Waals surface area contributed by atoms with Gasteiger partial charge in [0.05, 0.1) is 10.6 Å². The minimum Gasteiger partial charge on any atom is -0.385 e. The monoisotopic (exact) mass is 317 g/mol.